The summed E-state index contributed by atoms with van der Waals surface area (Å²) in [6.45, 7) is 4.13. The second-order valence-corrected chi connectivity index (χ2v) is 5.13. The molecule has 0 aliphatic carbocycles. The van der Waals surface area contributed by atoms with E-state index in [1.165, 1.54) is 5.56 Å². The molecule has 19 heavy (non-hydrogen) atoms. The van der Waals surface area contributed by atoms with Crippen LogP contribution in [0.15, 0.2) is 30.6 Å². The van der Waals surface area contributed by atoms with E-state index in [-0.39, 0.29) is 0 Å². The third-order valence-corrected chi connectivity index (χ3v) is 3.69. The zero-order valence-electron chi connectivity index (χ0n) is 11.2. The van der Waals surface area contributed by atoms with E-state index in [1.807, 2.05) is 29.2 Å². The van der Waals surface area contributed by atoms with Crippen molar-refractivity contribution in [1.29, 1.82) is 0 Å². The molecule has 0 saturated carbocycles. The highest BCUT2D eigenvalue weighted by Gasteiger charge is 2.21. The van der Waals surface area contributed by atoms with Crippen molar-refractivity contribution in [2.45, 2.75) is 25.8 Å². The zero-order valence-corrected chi connectivity index (χ0v) is 11.2. The van der Waals surface area contributed by atoms with Crippen LogP contribution in [0.5, 0.6) is 0 Å². The molecule has 0 unspecified atom stereocenters. The SMILES string of the molecule is Cc1ccnc(N2CCC(n3ccc(N)n3)CC2)c1. The monoisotopic (exact) mass is 257 g/mol. The van der Waals surface area contributed by atoms with Crippen LogP contribution < -0.4 is 10.6 Å². The summed E-state index contributed by atoms with van der Waals surface area (Å²) in [4.78, 5) is 6.79. The summed E-state index contributed by atoms with van der Waals surface area (Å²) in [5.41, 5.74) is 6.92. The average Bonchev–Trinajstić information content (AvgIpc) is 2.86. The van der Waals surface area contributed by atoms with E-state index in [4.69, 9.17) is 5.73 Å². The lowest BCUT2D eigenvalue weighted by Gasteiger charge is -2.33. The van der Waals surface area contributed by atoms with Crippen molar-refractivity contribution in [3.8, 4) is 0 Å². The van der Waals surface area contributed by atoms with Crippen LogP contribution in [0, 0.1) is 6.92 Å². The number of aromatic nitrogens is 3. The van der Waals surface area contributed by atoms with Gasteiger partial charge < -0.3 is 10.6 Å². The minimum absolute atomic E-state index is 0.457. The largest absolute Gasteiger partial charge is 0.382 e. The van der Waals surface area contributed by atoms with Crippen LogP contribution in [0.25, 0.3) is 0 Å². The summed E-state index contributed by atoms with van der Waals surface area (Å²) in [6.07, 6.45) is 6.01. The Hall–Kier alpha value is -2.04. The lowest BCUT2D eigenvalue weighted by atomic mass is 10.1. The number of nitrogen functional groups attached to an aromatic ring is 1. The van der Waals surface area contributed by atoms with Crippen LogP contribution in [0.4, 0.5) is 11.6 Å². The fraction of sp³-hybridized carbons (Fsp3) is 0.429. The number of hydrogen-bond donors (Lipinski definition) is 1. The molecule has 0 bridgehead atoms. The van der Waals surface area contributed by atoms with Gasteiger partial charge >= 0.3 is 0 Å². The molecule has 2 aromatic heterocycles. The van der Waals surface area contributed by atoms with E-state index >= 15 is 0 Å². The normalized spacial score (nSPS) is 16.8. The molecular formula is C14H19N5. The Morgan fingerprint density at radius 3 is 2.68 bits per heavy atom. The van der Waals surface area contributed by atoms with Crippen LogP contribution in [-0.4, -0.2) is 27.9 Å². The predicted octanol–water partition coefficient (Wildman–Crippen LogP) is 2.01. The molecule has 1 fully saturated rings. The van der Waals surface area contributed by atoms with Crippen molar-refractivity contribution >= 4 is 11.6 Å². The van der Waals surface area contributed by atoms with E-state index in [0.717, 1.165) is 31.7 Å². The molecule has 1 saturated heterocycles. The van der Waals surface area contributed by atoms with Crippen LogP contribution in [0.1, 0.15) is 24.4 Å². The van der Waals surface area contributed by atoms with Gasteiger partial charge in [-0.1, -0.05) is 0 Å². The standard InChI is InChI=1S/C14H19N5/c1-11-2-6-16-14(10-11)18-7-3-12(4-8-18)19-9-5-13(15)17-19/h2,5-6,9-10,12H,3-4,7-8H2,1H3,(H2,15,17). The van der Waals surface area contributed by atoms with Gasteiger partial charge in [0.25, 0.3) is 0 Å². The van der Waals surface area contributed by atoms with Crippen LogP contribution >= 0.6 is 0 Å². The molecule has 0 aromatic carbocycles. The Morgan fingerprint density at radius 1 is 1.26 bits per heavy atom. The lowest BCUT2D eigenvalue weighted by Crippen LogP contribution is -2.35. The molecule has 2 N–H and O–H groups in total. The highest BCUT2D eigenvalue weighted by atomic mass is 15.3. The van der Waals surface area contributed by atoms with Crippen molar-refractivity contribution in [3.63, 3.8) is 0 Å². The fourth-order valence-electron chi connectivity index (χ4n) is 2.61. The molecule has 5 nitrogen and oxygen atoms in total. The van der Waals surface area contributed by atoms with Gasteiger partial charge in [-0.15, -0.1) is 0 Å². The lowest BCUT2D eigenvalue weighted by molar-refractivity contribution is 0.367. The summed E-state index contributed by atoms with van der Waals surface area (Å²) in [7, 11) is 0. The summed E-state index contributed by atoms with van der Waals surface area (Å²) >= 11 is 0. The van der Waals surface area contributed by atoms with Gasteiger partial charge in [-0.3, -0.25) is 4.68 Å². The molecule has 0 atom stereocenters. The third-order valence-electron chi connectivity index (χ3n) is 3.69. The minimum Gasteiger partial charge on any atom is -0.382 e. The van der Waals surface area contributed by atoms with Gasteiger partial charge in [-0.2, -0.15) is 5.10 Å². The molecular weight excluding hydrogens is 238 g/mol. The maximum atomic E-state index is 5.67. The van der Waals surface area contributed by atoms with Gasteiger partial charge in [-0.25, -0.2) is 4.98 Å². The number of piperidine rings is 1. The van der Waals surface area contributed by atoms with E-state index in [1.54, 1.807) is 0 Å². The summed E-state index contributed by atoms with van der Waals surface area (Å²) in [6, 6.07) is 6.49. The Bertz CT molecular complexity index is 554. The van der Waals surface area contributed by atoms with Crippen LogP contribution in [0.3, 0.4) is 0 Å². The molecule has 1 aliphatic rings. The van der Waals surface area contributed by atoms with Crippen LogP contribution in [0.2, 0.25) is 0 Å². The molecule has 0 spiro atoms. The summed E-state index contributed by atoms with van der Waals surface area (Å²) in [5.74, 6) is 1.68. The molecule has 2 aromatic rings. The molecule has 0 amide bonds. The first-order valence-corrected chi connectivity index (χ1v) is 6.70. The van der Waals surface area contributed by atoms with Gasteiger partial charge in [-0.05, 0) is 43.5 Å². The Kier molecular flexibility index (Phi) is 3.11. The molecule has 3 heterocycles. The number of hydrogen-bond acceptors (Lipinski definition) is 4. The smallest absolute Gasteiger partial charge is 0.145 e. The Morgan fingerprint density at radius 2 is 2.05 bits per heavy atom. The molecule has 1 aliphatic heterocycles. The molecule has 3 rings (SSSR count). The zero-order chi connectivity index (χ0) is 13.2. The highest BCUT2D eigenvalue weighted by Crippen LogP contribution is 2.25. The summed E-state index contributed by atoms with van der Waals surface area (Å²) < 4.78 is 2.00. The number of aryl methyl sites for hydroxylation is 1. The van der Waals surface area contributed by atoms with Crippen LogP contribution in [-0.2, 0) is 0 Å². The van der Waals surface area contributed by atoms with Crippen molar-refractivity contribution in [2.75, 3.05) is 23.7 Å². The maximum Gasteiger partial charge on any atom is 0.145 e. The maximum absolute atomic E-state index is 5.67. The van der Waals surface area contributed by atoms with Gasteiger partial charge in [0.1, 0.15) is 11.6 Å². The van der Waals surface area contributed by atoms with E-state index in [0.29, 0.717) is 11.9 Å². The summed E-state index contributed by atoms with van der Waals surface area (Å²) in [5, 5.41) is 4.31. The quantitative estimate of drug-likeness (QED) is 0.894. The van der Waals surface area contributed by atoms with E-state index < -0.39 is 0 Å². The Balaban J connectivity index is 1.66. The van der Waals surface area contributed by atoms with Gasteiger partial charge in [0.2, 0.25) is 0 Å². The molecule has 0 radical (unpaired) electrons. The number of anilines is 2. The molecule has 100 valence electrons. The van der Waals surface area contributed by atoms with Gasteiger partial charge in [0.05, 0.1) is 6.04 Å². The van der Waals surface area contributed by atoms with Gasteiger partial charge in [0.15, 0.2) is 0 Å². The van der Waals surface area contributed by atoms with Crippen molar-refractivity contribution < 1.29 is 0 Å². The molecule has 5 heteroatoms. The van der Waals surface area contributed by atoms with E-state index in [2.05, 4.69) is 28.0 Å². The third kappa shape index (κ3) is 2.54. The second kappa shape index (κ2) is 4.91. The first-order valence-electron chi connectivity index (χ1n) is 6.70. The first kappa shape index (κ1) is 12.0. The number of nitrogens with zero attached hydrogens (tertiary/aromatic N) is 4. The second-order valence-electron chi connectivity index (χ2n) is 5.13. The van der Waals surface area contributed by atoms with Crippen molar-refractivity contribution in [3.05, 3.63) is 36.2 Å². The van der Waals surface area contributed by atoms with Gasteiger partial charge in [0, 0.05) is 25.5 Å². The fourth-order valence-corrected chi connectivity index (χ4v) is 2.61. The number of nitrogens with two attached hydrogens (primary N) is 1. The van der Waals surface area contributed by atoms with Crippen molar-refractivity contribution in [2.24, 2.45) is 0 Å². The average molecular weight is 257 g/mol. The number of rotatable bonds is 2. The minimum atomic E-state index is 0.457. The number of pyridine rings is 1. The topological polar surface area (TPSA) is 60.0 Å². The predicted molar refractivity (Wildman–Crippen MR) is 76.1 cm³/mol. The van der Waals surface area contributed by atoms with Crippen molar-refractivity contribution in [1.82, 2.24) is 14.8 Å². The van der Waals surface area contributed by atoms with E-state index in [9.17, 15) is 0 Å². The Labute approximate surface area is 113 Å². The first-order chi connectivity index (χ1) is 9.22. The highest BCUT2D eigenvalue weighted by molar-refractivity contribution is 5.41.